The summed E-state index contributed by atoms with van der Waals surface area (Å²) in [6.07, 6.45) is 2.64. The van der Waals surface area contributed by atoms with E-state index in [1.54, 1.807) is 0 Å². The van der Waals surface area contributed by atoms with Crippen molar-refractivity contribution in [3.63, 3.8) is 0 Å². The van der Waals surface area contributed by atoms with Crippen molar-refractivity contribution in [2.75, 3.05) is 19.7 Å². The van der Waals surface area contributed by atoms with E-state index in [2.05, 4.69) is 10.9 Å². The van der Waals surface area contributed by atoms with Crippen LogP contribution in [0, 0.1) is 0 Å². The maximum Gasteiger partial charge on any atom is 0.269 e. The molecule has 1 aromatic rings. The second-order valence-electron chi connectivity index (χ2n) is 6.08. The molecule has 2 amide bonds. The zero-order chi connectivity index (χ0) is 17.9. The van der Waals surface area contributed by atoms with Crippen LogP contribution in [0.1, 0.15) is 36.0 Å². The quantitative estimate of drug-likeness (QED) is 0.750. The summed E-state index contributed by atoms with van der Waals surface area (Å²) in [5.41, 5.74) is 4.89. The van der Waals surface area contributed by atoms with Gasteiger partial charge in [-0.2, -0.15) is 4.31 Å². The molecule has 0 aromatic heterocycles. The number of nitrogens with one attached hydrogen (secondary N) is 2. The highest BCUT2D eigenvalue weighted by Gasteiger charge is 2.27. The van der Waals surface area contributed by atoms with Gasteiger partial charge in [-0.3, -0.25) is 20.4 Å². The molecule has 0 spiro atoms. The molecule has 1 aromatic carbocycles. The number of nitrogens with zero attached hydrogens (tertiary/aromatic N) is 1. The topological polar surface area (TPSA) is 105 Å². The average molecular weight is 367 g/mol. The van der Waals surface area contributed by atoms with Crippen molar-refractivity contribution in [3.05, 3.63) is 29.8 Å². The molecule has 0 radical (unpaired) electrons. The number of amides is 2. The first-order valence-corrected chi connectivity index (χ1v) is 9.74. The molecule has 25 heavy (non-hydrogen) atoms. The van der Waals surface area contributed by atoms with E-state index in [0.29, 0.717) is 26.1 Å². The van der Waals surface area contributed by atoms with Gasteiger partial charge in [0, 0.05) is 25.3 Å². The number of carbonyl (C=O) groups excluding carboxylic acids is 2. The Kier molecular flexibility index (Phi) is 5.36. The van der Waals surface area contributed by atoms with E-state index in [9.17, 15) is 18.0 Å². The van der Waals surface area contributed by atoms with Crippen LogP contribution in [0.5, 0.6) is 0 Å². The largest absolute Gasteiger partial charge is 0.368 e. The van der Waals surface area contributed by atoms with Gasteiger partial charge in [0.2, 0.25) is 10.0 Å². The van der Waals surface area contributed by atoms with Gasteiger partial charge in [0.15, 0.2) is 0 Å². The SMILES string of the molecule is O=C(NNC(=O)C1CCCO1)c1ccc(S(=O)(=O)N2CCCC2)cc1. The minimum Gasteiger partial charge on any atom is -0.368 e. The monoisotopic (exact) mass is 367 g/mol. The van der Waals surface area contributed by atoms with Gasteiger partial charge in [-0.15, -0.1) is 0 Å². The molecule has 2 fully saturated rings. The fourth-order valence-electron chi connectivity index (χ4n) is 2.91. The zero-order valence-electron chi connectivity index (χ0n) is 13.7. The molecule has 136 valence electrons. The number of hydrazine groups is 1. The number of carbonyl (C=O) groups is 2. The van der Waals surface area contributed by atoms with Crippen LogP contribution >= 0.6 is 0 Å². The predicted octanol–water partition coefficient (Wildman–Crippen LogP) is 0.411. The standard InChI is InChI=1S/C16H21N3O5S/c20-15(17-18-16(21)14-4-3-11-24-14)12-5-7-13(8-6-12)25(22,23)19-9-1-2-10-19/h5-8,14H,1-4,9-11H2,(H,17,20)(H,18,21). The van der Waals surface area contributed by atoms with E-state index in [-0.39, 0.29) is 16.4 Å². The summed E-state index contributed by atoms with van der Waals surface area (Å²) < 4.78 is 31.5. The maximum absolute atomic E-state index is 12.4. The number of hydrogen-bond acceptors (Lipinski definition) is 5. The van der Waals surface area contributed by atoms with E-state index in [1.807, 2.05) is 0 Å². The Morgan fingerprint density at radius 3 is 2.32 bits per heavy atom. The summed E-state index contributed by atoms with van der Waals surface area (Å²) in [6.45, 7) is 1.60. The van der Waals surface area contributed by atoms with Gasteiger partial charge in [-0.1, -0.05) is 0 Å². The number of benzene rings is 1. The van der Waals surface area contributed by atoms with E-state index in [0.717, 1.165) is 19.3 Å². The average Bonchev–Trinajstić information content (AvgIpc) is 3.33. The lowest BCUT2D eigenvalue weighted by Crippen LogP contribution is -2.46. The van der Waals surface area contributed by atoms with Gasteiger partial charge < -0.3 is 4.74 Å². The molecule has 0 aliphatic carbocycles. The van der Waals surface area contributed by atoms with E-state index in [4.69, 9.17) is 4.74 Å². The zero-order valence-corrected chi connectivity index (χ0v) is 14.5. The fraction of sp³-hybridized carbons (Fsp3) is 0.500. The van der Waals surface area contributed by atoms with Crippen molar-refractivity contribution in [2.45, 2.75) is 36.7 Å². The number of hydrogen-bond donors (Lipinski definition) is 2. The van der Waals surface area contributed by atoms with Crippen LogP contribution in [0.3, 0.4) is 0 Å². The lowest BCUT2D eigenvalue weighted by Gasteiger charge is -2.15. The van der Waals surface area contributed by atoms with Crippen LogP contribution in [0.15, 0.2) is 29.2 Å². The second-order valence-corrected chi connectivity index (χ2v) is 8.02. The third-order valence-electron chi connectivity index (χ3n) is 4.34. The molecule has 3 rings (SSSR count). The second kappa shape index (κ2) is 7.51. The number of ether oxygens (including phenoxy) is 1. The maximum atomic E-state index is 12.4. The van der Waals surface area contributed by atoms with Crippen molar-refractivity contribution in [3.8, 4) is 0 Å². The van der Waals surface area contributed by atoms with E-state index < -0.39 is 22.0 Å². The molecule has 2 N–H and O–H groups in total. The lowest BCUT2D eigenvalue weighted by atomic mass is 10.2. The smallest absolute Gasteiger partial charge is 0.269 e. The highest BCUT2D eigenvalue weighted by Crippen LogP contribution is 2.21. The summed E-state index contributed by atoms with van der Waals surface area (Å²) in [5, 5.41) is 0. The van der Waals surface area contributed by atoms with Crippen LogP contribution < -0.4 is 10.9 Å². The fourth-order valence-corrected chi connectivity index (χ4v) is 4.43. The van der Waals surface area contributed by atoms with Crippen molar-refractivity contribution in [2.24, 2.45) is 0 Å². The van der Waals surface area contributed by atoms with Gasteiger partial charge in [-0.05, 0) is 49.9 Å². The van der Waals surface area contributed by atoms with Crippen LogP contribution in [-0.2, 0) is 19.6 Å². The Hall–Kier alpha value is -1.97. The molecule has 0 bridgehead atoms. The number of rotatable bonds is 4. The molecule has 2 aliphatic rings. The van der Waals surface area contributed by atoms with Crippen LogP contribution in [0.25, 0.3) is 0 Å². The van der Waals surface area contributed by atoms with Gasteiger partial charge in [0.25, 0.3) is 11.8 Å². The molecule has 8 nitrogen and oxygen atoms in total. The highest BCUT2D eigenvalue weighted by molar-refractivity contribution is 7.89. The Morgan fingerprint density at radius 1 is 1.04 bits per heavy atom. The molecule has 1 unspecified atom stereocenters. The molecule has 2 aliphatic heterocycles. The van der Waals surface area contributed by atoms with Gasteiger partial charge >= 0.3 is 0 Å². The van der Waals surface area contributed by atoms with Gasteiger partial charge in [0.05, 0.1) is 4.90 Å². The summed E-state index contributed by atoms with van der Waals surface area (Å²) in [4.78, 5) is 24.0. The normalized spacial score (nSPS) is 21.2. The molecular weight excluding hydrogens is 346 g/mol. The Bertz CT molecular complexity index is 736. The number of sulfonamides is 1. The lowest BCUT2D eigenvalue weighted by molar-refractivity contribution is -0.130. The first-order chi connectivity index (χ1) is 12.0. The van der Waals surface area contributed by atoms with E-state index >= 15 is 0 Å². The van der Waals surface area contributed by atoms with Crippen LogP contribution in [-0.4, -0.2) is 50.3 Å². The Morgan fingerprint density at radius 2 is 1.72 bits per heavy atom. The van der Waals surface area contributed by atoms with Crippen LogP contribution in [0.4, 0.5) is 0 Å². The summed E-state index contributed by atoms with van der Waals surface area (Å²) in [6, 6.07) is 5.67. The van der Waals surface area contributed by atoms with Crippen molar-refractivity contribution < 1.29 is 22.7 Å². The van der Waals surface area contributed by atoms with Crippen molar-refractivity contribution in [1.29, 1.82) is 0 Å². The molecule has 9 heteroatoms. The molecule has 2 heterocycles. The first kappa shape index (κ1) is 17.8. The first-order valence-electron chi connectivity index (χ1n) is 8.30. The third-order valence-corrected chi connectivity index (χ3v) is 6.25. The Labute approximate surface area is 146 Å². The molecular formula is C16H21N3O5S. The van der Waals surface area contributed by atoms with Crippen molar-refractivity contribution in [1.82, 2.24) is 15.2 Å². The molecule has 2 saturated heterocycles. The Balaban J connectivity index is 1.59. The molecule has 0 saturated carbocycles. The van der Waals surface area contributed by atoms with Gasteiger partial charge in [0.1, 0.15) is 6.10 Å². The summed E-state index contributed by atoms with van der Waals surface area (Å²) in [5.74, 6) is -0.907. The molecule has 1 atom stereocenters. The summed E-state index contributed by atoms with van der Waals surface area (Å²) in [7, 11) is -3.50. The minimum atomic E-state index is -3.50. The van der Waals surface area contributed by atoms with Crippen LogP contribution in [0.2, 0.25) is 0 Å². The predicted molar refractivity (Wildman–Crippen MR) is 89.0 cm³/mol. The summed E-state index contributed by atoms with van der Waals surface area (Å²) >= 11 is 0. The third kappa shape index (κ3) is 4.00. The van der Waals surface area contributed by atoms with E-state index in [1.165, 1.54) is 28.6 Å². The van der Waals surface area contributed by atoms with Crippen molar-refractivity contribution >= 4 is 21.8 Å². The highest BCUT2D eigenvalue weighted by atomic mass is 32.2. The van der Waals surface area contributed by atoms with Gasteiger partial charge in [-0.25, -0.2) is 8.42 Å². The minimum absolute atomic E-state index is 0.161.